The zero-order chi connectivity index (χ0) is 23.3. The molecule has 0 amide bonds. The lowest BCUT2D eigenvalue weighted by Gasteiger charge is -2.13. The van der Waals surface area contributed by atoms with Crippen molar-refractivity contribution in [3.63, 3.8) is 0 Å². The largest absolute Gasteiger partial charge is 0.490 e. The Hall–Kier alpha value is -3.20. The normalized spacial score (nSPS) is 11.3. The quantitative estimate of drug-likeness (QED) is 0.341. The van der Waals surface area contributed by atoms with Gasteiger partial charge in [-0.3, -0.25) is 4.79 Å². The maximum atomic E-state index is 12.9. The van der Waals surface area contributed by atoms with Gasteiger partial charge in [0.05, 0.1) is 29.8 Å². The standard InChI is InChI=1S/C23H24BrN3O5/c1-5-30-21-10-16(6-9-20(21)31-13-22(28)32-14(2)3)12-25-27-15(4)26-19-8-7-17(24)11-18(19)23(27)29/h6-12,14H,5,13H2,1-4H3. The second-order valence-corrected chi connectivity index (χ2v) is 8.06. The molecule has 0 aliphatic rings. The van der Waals surface area contributed by atoms with Gasteiger partial charge in [-0.15, -0.1) is 0 Å². The van der Waals surface area contributed by atoms with E-state index < -0.39 is 5.97 Å². The lowest BCUT2D eigenvalue weighted by Crippen LogP contribution is -2.20. The summed E-state index contributed by atoms with van der Waals surface area (Å²) in [6, 6.07) is 10.5. The molecule has 0 saturated heterocycles. The summed E-state index contributed by atoms with van der Waals surface area (Å²) < 4.78 is 18.3. The van der Waals surface area contributed by atoms with Crippen molar-refractivity contribution in [3.8, 4) is 11.5 Å². The number of aryl methyl sites for hydroxylation is 1. The molecule has 32 heavy (non-hydrogen) atoms. The molecule has 0 saturated carbocycles. The van der Waals surface area contributed by atoms with E-state index in [0.29, 0.717) is 40.4 Å². The van der Waals surface area contributed by atoms with E-state index in [4.69, 9.17) is 14.2 Å². The number of halogens is 1. The minimum Gasteiger partial charge on any atom is -0.490 e. The topological polar surface area (TPSA) is 92.0 Å². The van der Waals surface area contributed by atoms with Crippen LogP contribution in [-0.4, -0.2) is 41.2 Å². The van der Waals surface area contributed by atoms with Crippen LogP contribution in [0.4, 0.5) is 0 Å². The third-order valence-corrected chi connectivity index (χ3v) is 4.77. The van der Waals surface area contributed by atoms with Gasteiger partial charge >= 0.3 is 5.97 Å². The van der Waals surface area contributed by atoms with Crippen LogP contribution in [0, 0.1) is 6.92 Å². The summed E-state index contributed by atoms with van der Waals surface area (Å²) in [5.41, 5.74) is 1.03. The van der Waals surface area contributed by atoms with Crippen LogP contribution in [0.25, 0.3) is 10.9 Å². The van der Waals surface area contributed by atoms with E-state index in [2.05, 4.69) is 26.0 Å². The fourth-order valence-corrected chi connectivity index (χ4v) is 3.31. The maximum absolute atomic E-state index is 12.9. The Morgan fingerprint density at radius 1 is 1.19 bits per heavy atom. The van der Waals surface area contributed by atoms with Crippen LogP contribution in [-0.2, 0) is 9.53 Å². The lowest BCUT2D eigenvalue weighted by molar-refractivity contribution is -0.149. The van der Waals surface area contributed by atoms with Crippen LogP contribution >= 0.6 is 15.9 Å². The van der Waals surface area contributed by atoms with Gasteiger partial charge in [0.25, 0.3) is 5.56 Å². The van der Waals surface area contributed by atoms with Gasteiger partial charge in [-0.2, -0.15) is 9.78 Å². The van der Waals surface area contributed by atoms with E-state index in [-0.39, 0.29) is 18.3 Å². The average molecular weight is 502 g/mol. The number of benzene rings is 2. The van der Waals surface area contributed by atoms with E-state index in [1.165, 1.54) is 4.68 Å². The zero-order valence-electron chi connectivity index (χ0n) is 18.3. The highest BCUT2D eigenvalue weighted by Crippen LogP contribution is 2.28. The highest BCUT2D eigenvalue weighted by molar-refractivity contribution is 9.10. The minimum atomic E-state index is -0.460. The predicted octanol–water partition coefficient (Wildman–Crippen LogP) is 4.08. The van der Waals surface area contributed by atoms with Gasteiger partial charge in [-0.1, -0.05) is 15.9 Å². The Morgan fingerprint density at radius 3 is 2.69 bits per heavy atom. The van der Waals surface area contributed by atoms with Crippen LogP contribution in [0.1, 0.15) is 32.2 Å². The number of rotatable bonds is 8. The molecule has 1 heterocycles. The van der Waals surface area contributed by atoms with Gasteiger partial charge in [0.2, 0.25) is 0 Å². The third-order valence-electron chi connectivity index (χ3n) is 4.27. The van der Waals surface area contributed by atoms with Gasteiger partial charge in [0.15, 0.2) is 18.1 Å². The number of ether oxygens (including phenoxy) is 3. The van der Waals surface area contributed by atoms with Crippen LogP contribution in [0.15, 0.2) is 50.8 Å². The summed E-state index contributed by atoms with van der Waals surface area (Å²) >= 11 is 3.38. The Bertz CT molecular complexity index is 1220. The Balaban J connectivity index is 1.86. The molecule has 0 unspecified atom stereocenters. The highest BCUT2D eigenvalue weighted by atomic mass is 79.9. The van der Waals surface area contributed by atoms with Gasteiger partial charge in [0, 0.05) is 4.47 Å². The van der Waals surface area contributed by atoms with Crippen molar-refractivity contribution < 1.29 is 19.0 Å². The molecule has 3 rings (SSSR count). The molecule has 8 nitrogen and oxygen atoms in total. The van der Waals surface area contributed by atoms with E-state index in [0.717, 1.165) is 4.47 Å². The van der Waals surface area contributed by atoms with Crippen LogP contribution < -0.4 is 15.0 Å². The van der Waals surface area contributed by atoms with E-state index in [1.807, 2.05) is 13.0 Å². The summed E-state index contributed by atoms with van der Waals surface area (Å²) in [4.78, 5) is 29.1. The van der Waals surface area contributed by atoms with E-state index in [9.17, 15) is 9.59 Å². The number of aromatic nitrogens is 2. The molecule has 0 atom stereocenters. The minimum absolute atomic E-state index is 0.214. The number of carbonyl (C=O) groups is 1. The molecule has 0 radical (unpaired) electrons. The van der Waals surface area contributed by atoms with Crippen LogP contribution in [0.2, 0.25) is 0 Å². The first kappa shape index (κ1) is 23.5. The molecule has 3 aromatic rings. The fraction of sp³-hybridized carbons (Fsp3) is 0.304. The van der Waals surface area contributed by atoms with Crippen molar-refractivity contribution in [3.05, 3.63) is 62.6 Å². The Labute approximate surface area is 194 Å². The number of esters is 1. The SMILES string of the molecule is CCOc1cc(C=Nn2c(C)nc3ccc(Br)cc3c2=O)ccc1OCC(=O)OC(C)C. The van der Waals surface area contributed by atoms with Crippen LogP contribution in [0.5, 0.6) is 11.5 Å². The third kappa shape index (κ3) is 5.73. The van der Waals surface area contributed by atoms with Crippen molar-refractivity contribution >= 4 is 39.0 Å². The van der Waals surface area contributed by atoms with Crippen molar-refractivity contribution in [2.45, 2.75) is 33.8 Å². The van der Waals surface area contributed by atoms with Crippen molar-refractivity contribution in [2.24, 2.45) is 5.10 Å². The molecule has 168 valence electrons. The number of carbonyl (C=O) groups excluding carboxylic acids is 1. The molecular formula is C23H24BrN3O5. The molecule has 0 N–H and O–H groups in total. The van der Waals surface area contributed by atoms with Gasteiger partial charge in [0.1, 0.15) is 5.82 Å². The van der Waals surface area contributed by atoms with Crippen molar-refractivity contribution in [1.82, 2.24) is 9.66 Å². The summed E-state index contributed by atoms with van der Waals surface area (Å²) in [5.74, 6) is 0.877. The molecular weight excluding hydrogens is 478 g/mol. The van der Waals surface area contributed by atoms with Gasteiger partial charge in [-0.05, 0) is 69.7 Å². The molecule has 0 aliphatic heterocycles. The summed E-state index contributed by atoms with van der Waals surface area (Å²) in [6.45, 7) is 7.30. The smallest absolute Gasteiger partial charge is 0.344 e. The first-order valence-electron chi connectivity index (χ1n) is 10.1. The average Bonchev–Trinajstić information content (AvgIpc) is 2.73. The molecule has 0 bridgehead atoms. The Morgan fingerprint density at radius 2 is 1.97 bits per heavy atom. The number of fused-ring (bicyclic) bond motifs is 1. The van der Waals surface area contributed by atoms with E-state index in [1.54, 1.807) is 57.3 Å². The lowest BCUT2D eigenvalue weighted by atomic mass is 10.2. The molecule has 0 aliphatic carbocycles. The Kier molecular flexibility index (Phi) is 7.63. The molecule has 2 aromatic carbocycles. The zero-order valence-corrected chi connectivity index (χ0v) is 19.9. The first-order chi connectivity index (χ1) is 15.3. The highest BCUT2D eigenvalue weighted by Gasteiger charge is 2.12. The van der Waals surface area contributed by atoms with Crippen molar-refractivity contribution in [1.29, 1.82) is 0 Å². The maximum Gasteiger partial charge on any atom is 0.344 e. The molecule has 1 aromatic heterocycles. The summed E-state index contributed by atoms with van der Waals surface area (Å²) in [5, 5.41) is 4.79. The number of nitrogens with zero attached hydrogens (tertiary/aromatic N) is 3. The predicted molar refractivity (Wildman–Crippen MR) is 126 cm³/mol. The number of hydrogen-bond donors (Lipinski definition) is 0. The van der Waals surface area contributed by atoms with Crippen LogP contribution in [0.3, 0.4) is 0 Å². The first-order valence-corrected chi connectivity index (χ1v) is 10.9. The fourth-order valence-electron chi connectivity index (χ4n) is 2.95. The number of hydrogen-bond acceptors (Lipinski definition) is 7. The van der Waals surface area contributed by atoms with Gasteiger partial charge < -0.3 is 14.2 Å². The molecule has 0 spiro atoms. The van der Waals surface area contributed by atoms with Crippen molar-refractivity contribution in [2.75, 3.05) is 13.2 Å². The second kappa shape index (κ2) is 10.4. The second-order valence-electron chi connectivity index (χ2n) is 7.15. The summed E-state index contributed by atoms with van der Waals surface area (Å²) in [6.07, 6.45) is 1.33. The monoisotopic (exact) mass is 501 g/mol. The molecule has 9 heteroatoms. The van der Waals surface area contributed by atoms with E-state index >= 15 is 0 Å². The summed E-state index contributed by atoms with van der Waals surface area (Å²) in [7, 11) is 0. The van der Waals surface area contributed by atoms with Gasteiger partial charge in [-0.25, -0.2) is 9.78 Å². The molecule has 0 fully saturated rings.